The summed E-state index contributed by atoms with van der Waals surface area (Å²) in [5.74, 6) is -1.16. The lowest BCUT2D eigenvalue weighted by molar-refractivity contribution is -0.141. The predicted octanol–water partition coefficient (Wildman–Crippen LogP) is 4.35. The number of H-pyrrole nitrogens is 1. The number of hydrogen-bond donors (Lipinski definition) is 3. The van der Waals surface area contributed by atoms with Gasteiger partial charge in [-0.3, -0.25) is 14.5 Å². The van der Waals surface area contributed by atoms with Crippen LogP contribution < -0.4 is 10.6 Å². The van der Waals surface area contributed by atoms with Gasteiger partial charge in [0.2, 0.25) is 11.8 Å². The van der Waals surface area contributed by atoms with Gasteiger partial charge in [0.15, 0.2) is 0 Å². The summed E-state index contributed by atoms with van der Waals surface area (Å²) in [5, 5.41) is 6.82. The minimum absolute atomic E-state index is 0.204. The molecule has 2 aliphatic rings. The number of rotatable bonds is 7. The molecule has 42 heavy (non-hydrogen) atoms. The van der Waals surface area contributed by atoms with E-state index in [1.807, 2.05) is 67.7 Å². The van der Waals surface area contributed by atoms with E-state index in [-0.39, 0.29) is 24.9 Å². The molecule has 0 bridgehead atoms. The lowest BCUT2D eigenvalue weighted by Gasteiger charge is -2.49. The topological polar surface area (TPSA) is 124 Å². The van der Waals surface area contributed by atoms with Crippen molar-refractivity contribution < 1.29 is 23.9 Å². The molecule has 1 aromatic heterocycles. The fourth-order valence-electron chi connectivity index (χ4n) is 6.03. The first kappa shape index (κ1) is 29.2. The Morgan fingerprint density at radius 1 is 1.07 bits per heavy atom. The largest absolute Gasteiger partial charge is 0.444 e. The lowest BCUT2D eigenvalue weighted by atomic mass is 9.84. The summed E-state index contributed by atoms with van der Waals surface area (Å²) < 4.78 is 5.47. The van der Waals surface area contributed by atoms with E-state index in [1.54, 1.807) is 25.7 Å². The number of piperidine rings is 1. The van der Waals surface area contributed by atoms with E-state index in [0.717, 1.165) is 22.0 Å². The third-order valence-electron chi connectivity index (χ3n) is 7.95. The van der Waals surface area contributed by atoms with Crippen molar-refractivity contribution >= 4 is 34.8 Å². The number of nitrogens with zero attached hydrogens (tertiary/aromatic N) is 2. The van der Waals surface area contributed by atoms with Gasteiger partial charge in [-0.2, -0.15) is 0 Å². The van der Waals surface area contributed by atoms with Crippen LogP contribution in [-0.4, -0.2) is 69.0 Å². The number of amides is 5. The van der Waals surface area contributed by atoms with Crippen molar-refractivity contribution in [2.24, 2.45) is 5.92 Å². The monoisotopic (exact) mass is 573 g/mol. The maximum absolute atomic E-state index is 13.8. The molecule has 10 nitrogen and oxygen atoms in total. The standard InChI is InChI=1S/C32H39N5O5/c1-20-27-25(15-10-16-36(27)31(41)37(29(20)39)19-21-11-6-5-7-12-21)34-28(38)26(35-30(40)42-32(2,3)4)17-22-18-33-24-14-9-8-13-23(22)24/h5-9,11-14,18,20,25-27,33H,10,15-17,19H2,1-4H3,(H,34,38)(H,35,40)/t20-,25+,26+,27+/m0/s1. The number of urea groups is 1. The van der Waals surface area contributed by atoms with E-state index in [9.17, 15) is 19.2 Å². The molecular weight excluding hydrogens is 534 g/mol. The molecule has 222 valence electrons. The van der Waals surface area contributed by atoms with Crippen LogP contribution in [0.5, 0.6) is 0 Å². The van der Waals surface area contributed by atoms with Gasteiger partial charge in [0.25, 0.3) is 0 Å². The van der Waals surface area contributed by atoms with Crippen molar-refractivity contribution in [2.75, 3.05) is 6.54 Å². The number of fused-ring (bicyclic) bond motifs is 2. The maximum Gasteiger partial charge on any atom is 0.408 e. The molecule has 4 atom stereocenters. The Kier molecular flexibility index (Phi) is 8.24. The molecule has 5 amide bonds. The third-order valence-corrected chi connectivity index (χ3v) is 7.95. The van der Waals surface area contributed by atoms with Crippen LogP contribution in [-0.2, 0) is 27.3 Å². The minimum atomic E-state index is -0.936. The number of para-hydroxylation sites is 1. The number of carbonyl (C=O) groups excluding carboxylic acids is 4. The number of nitrogens with one attached hydrogen (secondary N) is 3. The van der Waals surface area contributed by atoms with E-state index in [4.69, 9.17) is 4.74 Å². The Hall–Kier alpha value is -4.34. The molecule has 0 radical (unpaired) electrons. The summed E-state index contributed by atoms with van der Waals surface area (Å²) in [6.07, 6.45) is 2.67. The number of carbonyl (C=O) groups is 4. The van der Waals surface area contributed by atoms with Crippen LogP contribution in [0.3, 0.4) is 0 Å². The van der Waals surface area contributed by atoms with Gasteiger partial charge in [-0.1, -0.05) is 55.5 Å². The molecule has 0 aliphatic carbocycles. The molecule has 0 saturated carbocycles. The maximum atomic E-state index is 13.8. The molecular formula is C32H39N5O5. The van der Waals surface area contributed by atoms with E-state index in [2.05, 4.69) is 15.6 Å². The number of aromatic nitrogens is 1. The van der Waals surface area contributed by atoms with E-state index >= 15 is 0 Å². The molecule has 5 rings (SSSR count). The molecule has 0 unspecified atom stereocenters. The predicted molar refractivity (Wildman–Crippen MR) is 158 cm³/mol. The highest BCUT2D eigenvalue weighted by Crippen LogP contribution is 2.32. The second-order valence-corrected chi connectivity index (χ2v) is 12.2. The average Bonchev–Trinajstić information content (AvgIpc) is 3.36. The average molecular weight is 574 g/mol. The number of hydrogen-bond acceptors (Lipinski definition) is 5. The zero-order chi connectivity index (χ0) is 30.0. The molecule has 2 saturated heterocycles. The van der Waals surface area contributed by atoms with Crippen LogP contribution in [0.25, 0.3) is 10.9 Å². The number of alkyl carbamates (subject to hydrolysis) is 1. The Morgan fingerprint density at radius 3 is 2.52 bits per heavy atom. The first-order valence-corrected chi connectivity index (χ1v) is 14.5. The van der Waals surface area contributed by atoms with Gasteiger partial charge in [0, 0.05) is 30.1 Å². The summed E-state index contributed by atoms with van der Waals surface area (Å²) in [6.45, 7) is 7.81. The van der Waals surface area contributed by atoms with Crippen LogP contribution in [0.15, 0.2) is 60.8 Å². The Labute approximate surface area is 245 Å². The van der Waals surface area contributed by atoms with Crippen LogP contribution in [0, 0.1) is 5.92 Å². The summed E-state index contributed by atoms with van der Waals surface area (Å²) in [7, 11) is 0. The number of imide groups is 1. The SMILES string of the molecule is C[C@@H]1C(=O)N(Cc2ccccc2)C(=O)N2CCC[C@@H](NC(=O)[C@@H](Cc3c[nH]c4ccccc34)NC(=O)OC(C)(C)C)[C@@H]12. The Morgan fingerprint density at radius 2 is 1.79 bits per heavy atom. The molecule has 0 spiro atoms. The van der Waals surface area contributed by atoms with Gasteiger partial charge in [0.05, 0.1) is 24.5 Å². The Bertz CT molecular complexity index is 1460. The molecule has 3 aromatic rings. The normalized spacial score (nSPS) is 21.6. The van der Waals surface area contributed by atoms with Gasteiger partial charge in [-0.25, -0.2) is 9.59 Å². The molecule has 2 fully saturated rings. The van der Waals surface area contributed by atoms with Crippen molar-refractivity contribution in [1.29, 1.82) is 0 Å². The van der Waals surface area contributed by atoms with E-state index < -0.39 is 41.6 Å². The van der Waals surface area contributed by atoms with Crippen molar-refractivity contribution in [3.8, 4) is 0 Å². The Balaban J connectivity index is 1.35. The lowest BCUT2D eigenvalue weighted by Crippen LogP contribution is -2.69. The number of aromatic amines is 1. The fraction of sp³-hybridized carbons (Fsp3) is 0.438. The second-order valence-electron chi connectivity index (χ2n) is 12.2. The zero-order valence-electron chi connectivity index (χ0n) is 24.6. The summed E-state index contributed by atoms with van der Waals surface area (Å²) >= 11 is 0. The van der Waals surface area contributed by atoms with Crippen molar-refractivity contribution in [3.63, 3.8) is 0 Å². The quantitative estimate of drug-likeness (QED) is 0.388. The van der Waals surface area contributed by atoms with Gasteiger partial charge in [-0.05, 0) is 50.8 Å². The molecule has 10 heteroatoms. The minimum Gasteiger partial charge on any atom is -0.444 e. The van der Waals surface area contributed by atoms with Gasteiger partial charge >= 0.3 is 12.1 Å². The number of benzene rings is 2. The van der Waals surface area contributed by atoms with Gasteiger partial charge in [0.1, 0.15) is 11.6 Å². The fourth-order valence-corrected chi connectivity index (χ4v) is 6.03. The summed E-state index contributed by atoms with van der Waals surface area (Å²) in [5.41, 5.74) is 1.94. The van der Waals surface area contributed by atoms with Crippen LogP contribution >= 0.6 is 0 Å². The number of ether oxygens (including phenoxy) is 1. The first-order valence-electron chi connectivity index (χ1n) is 14.5. The summed E-state index contributed by atoms with van der Waals surface area (Å²) in [6, 6.07) is 15.0. The van der Waals surface area contributed by atoms with Gasteiger partial charge in [-0.15, -0.1) is 0 Å². The zero-order valence-corrected chi connectivity index (χ0v) is 24.6. The van der Waals surface area contributed by atoms with Crippen molar-refractivity contribution in [3.05, 3.63) is 71.9 Å². The highest BCUT2D eigenvalue weighted by Gasteiger charge is 2.49. The van der Waals surface area contributed by atoms with Crippen LogP contribution in [0.2, 0.25) is 0 Å². The first-order chi connectivity index (χ1) is 20.0. The van der Waals surface area contributed by atoms with Crippen molar-refractivity contribution in [1.82, 2.24) is 25.4 Å². The molecule has 2 aromatic carbocycles. The van der Waals surface area contributed by atoms with Gasteiger partial charge < -0.3 is 25.3 Å². The second kappa shape index (κ2) is 11.9. The van der Waals surface area contributed by atoms with Crippen LogP contribution in [0.1, 0.15) is 51.7 Å². The molecule has 3 N–H and O–H groups in total. The third kappa shape index (κ3) is 6.27. The van der Waals surface area contributed by atoms with E-state index in [0.29, 0.717) is 19.4 Å². The highest BCUT2D eigenvalue weighted by molar-refractivity contribution is 5.99. The molecule has 2 aliphatic heterocycles. The molecule has 3 heterocycles. The highest BCUT2D eigenvalue weighted by atomic mass is 16.6. The van der Waals surface area contributed by atoms with E-state index in [1.165, 1.54) is 4.90 Å². The summed E-state index contributed by atoms with van der Waals surface area (Å²) in [4.78, 5) is 59.9. The van der Waals surface area contributed by atoms with Crippen LogP contribution in [0.4, 0.5) is 9.59 Å². The smallest absolute Gasteiger partial charge is 0.408 e. The van der Waals surface area contributed by atoms with Crippen molar-refractivity contribution in [2.45, 2.75) is 77.2 Å².